The first kappa shape index (κ1) is 11.4. The van der Waals surface area contributed by atoms with Crippen molar-refractivity contribution in [3.8, 4) is 5.75 Å². The summed E-state index contributed by atoms with van der Waals surface area (Å²) in [7, 11) is 0. The van der Waals surface area contributed by atoms with E-state index in [-0.39, 0.29) is 11.7 Å². The van der Waals surface area contributed by atoms with Crippen LogP contribution in [0.15, 0.2) is 6.07 Å². The Labute approximate surface area is 96.3 Å². The Balaban J connectivity index is 2.65. The predicted molar refractivity (Wildman–Crippen MR) is 63.5 cm³/mol. The second-order valence-corrected chi connectivity index (χ2v) is 4.99. The molecule has 2 rings (SSSR count). The van der Waals surface area contributed by atoms with Gasteiger partial charge in [-0.25, -0.2) is 4.39 Å². The molecule has 0 bridgehead atoms. The van der Waals surface area contributed by atoms with Crippen LogP contribution >= 0.6 is 0 Å². The fourth-order valence-electron chi connectivity index (χ4n) is 2.87. The molecular formula is C14H19FO. The predicted octanol–water partition coefficient (Wildman–Crippen LogP) is 4.09. The second-order valence-electron chi connectivity index (χ2n) is 4.99. The van der Waals surface area contributed by atoms with Gasteiger partial charge < -0.3 is 5.11 Å². The highest BCUT2D eigenvalue weighted by atomic mass is 19.1. The van der Waals surface area contributed by atoms with Crippen LogP contribution < -0.4 is 0 Å². The minimum atomic E-state index is -0.408. The largest absolute Gasteiger partial charge is 0.505 e. The van der Waals surface area contributed by atoms with Gasteiger partial charge in [-0.15, -0.1) is 0 Å². The number of hydrogen-bond donors (Lipinski definition) is 1. The molecule has 0 aliphatic heterocycles. The molecule has 1 unspecified atom stereocenters. The fraction of sp³-hybridized carbons (Fsp3) is 0.571. The molecule has 0 saturated carbocycles. The molecule has 0 aromatic heterocycles. The Bertz CT molecular complexity index is 410. The quantitative estimate of drug-likeness (QED) is 0.799. The normalized spacial score (nSPS) is 19.2. The van der Waals surface area contributed by atoms with E-state index in [1.54, 1.807) is 6.07 Å². The van der Waals surface area contributed by atoms with Crippen LogP contribution in [-0.4, -0.2) is 5.11 Å². The summed E-state index contributed by atoms with van der Waals surface area (Å²) in [6.45, 7) is 6.13. The molecule has 0 saturated heterocycles. The lowest BCUT2D eigenvalue weighted by molar-refractivity contribution is 0.425. The fourth-order valence-corrected chi connectivity index (χ4v) is 2.87. The molecule has 1 aliphatic carbocycles. The molecule has 1 atom stereocenters. The third-order valence-electron chi connectivity index (χ3n) is 3.65. The molecule has 0 amide bonds. The van der Waals surface area contributed by atoms with Crippen molar-refractivity contribution in [3.63, 3.8) is 0 Å². The molecule has 0 fully saturated rings. The van der Waals surface area contributed by atoms with Crippen LogP contribution in [0.5, 0.6) is 5.75 Å². The topological polar surface area (TPSA) is 20.2 Å². The molecule has 0 heterocycles. The lowest BCUT2D eigenvalue weighted by Gasteiger charge is -2.18. The van der Waals surface area contributed by atoms with E-state index in [2.05, 4.69) is 6.92 Å². The number of fused-ring (bicyclic) bond motifs is 1. The molecule has 1 N–H and O–H groups in total. The molecule has 1 nitrogen and oxygen atoms in total. The van der Waals surface area contributed by atoms with E-state index in [4.69, 9.17) is 0 Å². The molecule has 2 heteroatoms. The molecule has 88 valence electrons. The molecule has 0 radical (unpaired) electrons. The zero-order chi connectivity index (χ0) is 11.9. The number of phenols is 1. The molecule has 1 aromatic rings. The first-order chi connectivity index (χ1) is 7.56. The maximum atomic E-state index is 14.0. The molecular weight excluding hydrogens is 203 g/mol. The van der Waals surface area contributed by atoms with Gasteiger partial charge in [0.25, 0.3) is 0 Å². The summed E-state index contributed by atoms with van der Waals surface area (Å²) in [5.74, 6) is 0.0174. The van der Waals surface area contributed by atoms with Crippen molar-refractivity contribution in [1.82, 2.24) is 0 Å². The Hall–Kier alpha value is -1.05. The Morgan fingerprint density at radius 1 is 1.50 bits per heavy atom. The first-order valence-corrected chi connectivity index (χ1v) is 6.10. The van der Waals surface area contributed by atoms with E-state index in [9.17, 15) is 9.50 Å². The van der Waals surface area contributed by atoms with Gasteiger partial charge in [0.05, 0.1) is 0 Å². The number of hydrogen-bond acceptors (Lipinski definition) is 1. The molecule has 0 spiro atoms. The van der Waals surface area contributed by atoms with Crippen LogP contribution in [0.4, 0.5) is 4.39 Å². The van der Waals surface area contributed by atoms with Crippen molar-refractivity contribution >= 4 is 0 Å². The third kappa shape index (κ3) is 1.60. The van der Waals surface area contributed by atoms with Crippen LogP contribution in [0.3, 0.4) is 0 Å². The average Bonchev–Trinajstić information content (AvgIpc) is 2.61. The zero-order valence-electron chi connectivity index (χ0n) is 10.2. The number of rotatable bonds is 2. The minimum absolute atomic E-state index is 0.132. The van der Waals surface area contributed by atoms with Crippen molar-refractivity contribution in [2.75, 3.05) is 0 Å². The number of aromatic hydroxyl groups is 1. The molecule has 16 heavy (non-hydrogen) atoms. The summed E-state index contributed by atoms with van der Waals surface area (Å²) < 4.78 is 14.0. The highest BCUT2D eigenvalue weighted by Gasteiger charge is 2.29. The zero-order valence-corrected chi connectivity index (χ0v) is 10.2. The highest BCUT2D eigenvalue weighted by Crippen LogP contribution is 2.43. The summed E-state index contributed by atoms with van der Waals surface area (Å²) in [5, 5.41) is 9.60. The minimum Gasteiger partial charge on any atom is -0.505 e. The van der Waals surface area contributed by atoms with Gasteiger partial charge in [0.15, 0.2) is 11.6 Å². The molecule has 1 aromatic carbocycles. The van der Waals surface area contributed by atoms with Gasteiger partial charge in [-0.3, -0.25) is 0 Å². The van der Waals surface area contributed by atoms with Gasteiger partial charge in [-0.1, -0.05) is 20.8 Å². The number of aryl methyl sites for hydroxylation is 1. The Kier molecular flexibility index (Phi) is 2.92. The van der Waals surface area contributed by atoms with Gasteiger partial charge in [-0.2, -0.15) is 0 Å². The van der Waals surface area contributed by atoms with Crippen LogP contribution in [0.25, 0.3) is 0 Å². The van der Waals surface area contributed by atoms with Crippen molar-refractivity contribution in [3.05, 3.63) is 28.6 Å². The SMILES string of the molecule is CCC1CCc2cc(O)c(F)c(C(C)C)c21. The number of halogens is 1. The van der Waals surface area contributed by atoms with E-state index in [1.807, 2.05) is 13.8 Å². The van der Waals surface area contributed by atoms with Gasteiger partial charge in [0.1, 0.15) is 0 Å². The lowest BCUT2D eigenvalue weighted by Crippen LogP contribution is -2.04. The summed E-state index contributed by atoms with van der Waals surface area (Å²) in [6.07, 6.45) is 3.12. The van der Waals surface area contributed by atoms with Crippen LogP contribution in [-0.2, 0) is 6.42 Å². The average molecular weight is 222 g/mol. The van der Waals surface area contributed by atoms with E-state index < -0.39 is 5.82 Å². The maximum absolute atomic E-state index is 14.0. The van der Waals surface area contributed by atoms with Crippen molar-refractivity contribution in [2.45, 2.75) is 51.9 Å². The monoisotopic (exact) mass is 222 g/mol. The second kappa shape index (κ2) is 4.08. The summed E-state index contributed by atoms with van der Waals surface area (Å²) in [4.78, 5) is 0. The first-order valence-electron chi connectivity index (χ1n) is 6.10. The van der Waals surface area contributed by atoms with Gasteiger partial charge in [0, 0.05) is 0 Å². The van der Waals surface area contributed by atoms with Crippen molar-refractivity contribution < 1.29 is 9.50 Å². The number of phenolic OH excluding ortho intramolecular Hbond substituents is 1. The third-order valence-corrected chi connectivity index (χ3v) is 3.65. The van der Waals surface area contributed by atoms with E-state index in [0.717, 1.165) is 30.4 Å². The van der Waals surface area contributed by atoms with Crippen LogP contribution in [0, 0.1) is 5.82 Å². The van der Waals surface area contributed by atoms with Crippen molar-refractivity contribution in [2.24, 2.45) is 0 Å². The lowest BCUT2D eigenvalue weighted by atomic mass is 9.88. The van der Waals surface area contributed by atoms with E-state index in [0.29, 0.717) is 5.92 Å². The smallest absolute Gasteiger partial charge is 0.168 e. The van der Waals surface area contributed by atoms with Crippen LogP contribution in [0.2, 0.25) is 0 Å². The number of benzene rings is 1. The summed E-state index contributed by atoms with van der Waals surface area (Å²) in [6, 6.07) is 1.62. The van der Waals surface area contributed by atoms with Gasteiger partial charge in [0.2, 0.25) is 0 Å². The maximum Gasteiger partial charge on any atom is 0.168 e. The Morgan fingerprint density at radius 2 is 2.19 bits per heavy atom. The molecule has 1 aliphatic rings. The van der Waals surface area contributed by atoms with E-state index >= 15 is 0 Å². The Morgan fingerprint density at radius 3 is 2.75 bits per heavy atom. The highest BCUT2D eigenvalue weighted by molar-refractivity contribution is 5.49. The van der Waals surface area contributed by atoms with Gasteiger partial charge in [-0.05, 0) is 53.9 Å². The summed E-state index contributed by atoms with van der Waals surface area (Å²) in [5.41, 5.74) is 3.06. The van der Waals surface area contributed by atoms with Gasteiger partial charge >= 0.3 is 0 Å². The standard InChI is InChI=1S/C14H19FO/c1-4-9-5-6-10-7-11(16)14(15)12(8(2)3)13(9)10/h7-9,16H,4-6H2,1-3H3. The summed E-state index contributed by atoms with van der Waals surface area (Å²) >= 11 is 0. The van der Waals surface area contributed by atoms with E-state index in [1.165, 1.54) is 5.56 Å². The van der Waals surface area contributed by atoms with Crippen LogP contribution in [0.1, 0.15) is 62.1 Å². The van der Waals surface area contributed by atoms with Crippen molar-refractivity contribution in [1.29, 1.82) is 0 Å².